The number of hydrogen-bond donors (Lipinski definition) is 0. The first-order valence-corrected chi connectivity index (χ1v) is 6.80. The molecular weight excluding hydrogens is 238 g/mol. The van der Waals surface area contributed by atoms with Gasteiger partial charge in [-0.1, -0.05) is 0 Å². The third-order valence-corrected chi connectivity index (χ3v) is 3.74. The molecule has 19 heavy (non-hydrogen) atoms. The molecule has 1 heterocycles. The molecule has 0 aliphatic heterocycles. The van der Waals surface area contributed by atoms with Gasteiger partial charge in [0.15, 0.2) is 0 Å². The second-order valence-corrected chi connectivity index (χ2v) is 5.20. The van der Waals surface area contributed by atoms with E-state index in [0.29, 0.717) is 18.2 Å². The van der Waals surface area contributed by atoms with E-state index in [0.717, 1.165) is 24.0 Å². The maximum atomic E-state index is 9.27. The molecule has 1 aliphatic carbocycles. The summed E-state index contributed by atoms with van der Waals surface area (Å²) in [5.41, 5.74) is 1.59. The van der Waals surface area contributed by atoms with Gasteiger partial charge in [-0.15, -0.1) is 0 Å². The maximum absolute atomic E-state index is 9.27. The molecule has 1 atom stereocenters. The van der Waals surface area contributed by atoms with Gasteiger partial charge in [0.2, 0.25) is 0 Å². The van der Waals surface area contributed by atoms with Gasteiger partial charge in [-0.2, -0.15) is 5.26 Å². The highest BCUT2D eigenvalue weighted by Crippen LogP contribution is 2.37. The van der Waals surface area contributed by atoms with E-state index in [2.05, 4.69) is 22.9 Å². The second-order valence-electron chi connectivity index (χ2n) is 5.20. The molecule has 0 radical (unpaired) electrons. The molecule has 1 saturated carbocycles. The average molecular weight is 259 g/mol. The lowest BCUT2D eigenvalue weighted by Crippen LogP contribution is -2.38. The highest BCUT2D eigenvalue weighted by molar-refractivity contribution is 5.55. The van der Waals surface area contributed by atoms with Crippen LogP contribution >= 0.6 is 0 Å². The van der Waals surface area contributed by atoms with Crippen LogP contribution in [0.25, 0.3) is 0 Å². The highest BCUT2D eigenvalue weighted by atomic mass is 16.5. The Kier molecular flexibility index (Phi) is 4.39. The second kappa shape index (κ2) is 6.03. The number of aromatic nitrogens is 1. The van der Waals surface area contributed by atoms with Crippen molar-refractivity contribution in [1.82, 2.24) is 4.98 Å². The third kappa shape index (κ3) is 3.24. The Balaban J connectivity index is 2.30. The van der Waals surface area contributed by atoms with Crippen molar-refractivity contribution in [2.24, 2.45) is 5.92 Å². The van der Waals surface area contributed by atoms with Gasteiger partial charge in [0.1, 0.15) is 11.9 Å². The highest BCUT2D eigenvalue weighted by Gasteiger charge is 2.33. The number of hydrogen-bond acceptors (Lipinski definition) is 4. The number of aryl methyl sites for hydroxylation is 1. The van der Waals surface area contributed by atoms with Gasteiger partial charge in [0.25, 0.3) is 0 Å². The van der Waals surface area contributed by atoms with E-state index in [-0.39, 0.29) is 0 Å². The van der Waals surface area contributed by atoms with Crippen molar-refractivity contribution in [2.75, 3.05) is 25.2 Å². The molecule has 0 amide bonds. The quantitative estimate of drug-likeness (QED) is 0.787. The third-order valence-electron chi connectivity index (χ3n) is 3.74. The molecule has 1 fully saturated rings. The number of ether oxygens (including phenoxy) is 1. The summed E-state index contributed by atoms with van der Waals surface area (Å²) in [5, 5.41) is 9.27. The zero-order valence-corrected chi connectivity index (χ0v) is 11.9. The van der Waals surface area contributed by atoms with Crippen molar-refractivity contribution in [3.63, 3.8) is 0 Å². The minimum atomic E-state index is 0.413. The molecule has 4 heteroatoms. The summed E-state index contributed by atoms with van der Waals surface area (Å²) in [6, 6.07) is 6.41. The van der Waals surface area contributed by atoms with E-state index in [1.165, 1.54) is 12.8 Å². The zero-order valence-electron chi connectivity index (χ0n) is 11.9. The van der Waals surface area contributed by atoms with E-state index in [1.54, 1.807) is 7.11 Å². The molecule has 0 aromatic carbocycles. The van der Waals surface area contributed by atoms with Crippen LogP contribution in [0.5, 0.6) is 0 Å². The first kappa shape index (κ1) is 13.8. The predicted molar refractivity (Wildman–Crippen MR) is 75.1 cm³/mol. The fourth-order valence-corrected chi connectivity index (χ4v) is 2.37. The van der Waals surface area contributed by atoms with Crippen LogP contribution in [0.1, 0.15) is 31.0 Å². The van der Waals surface area contributed by atoms with Gasteiger partial charge < -0.3 is 9.64 Å². The maximum Gasteiger partial charge on any atom is 0.147 e. The SMILES string of the molecule is COCCN(c1nc(C)ccc1C#N)C(C)C1CC1. The first-order chi connectivity index (χ1) is 9.17. The van der Waals surface area contributed by atoms with Gasteiger partial charge in [-0.25, -0.2) is 4.98 Å². The van der Waals surface area contributed by atoms with Crippen LogP contribution < -0.4 is 4.90 Å². The molecule has 0 N–H and O–H groups in total. The van der Waals surface area contributed by atoms with Crippen molar-refractivity contribution in [3.05, 3.63) is 23.4 Å². The number of nitrogens with zero attached hydrogens (tertiary/aromatic N) is 3. The van der Waals surface area contributed by atoms with Crippen LogP contribution in [0.4, 0.5) is 5.82 Å². The summed E-state index contributed by atoms with van der Waals surface area (Å²) in [6.45, 7) is 5.61. The molecule has 102 valence electrons. The van der Waals surface area contributed by atoms with E-state index in [4.69, 9.17) is 4.74 Å². The number of pyridine rings is 1. The molecule has 1 aromatic rings. The summed E-state index contributed by atoms with van der Waals surface area (Å²) in [6.07, 6.45) is 2.55. The van der Waals surface area contributed by atoms with Crippen molar-refractivity contribution in [2.45, 2.75) is 32.7 Å². The van der Waals surface area contributed by atoms with Crippen LogP contribution in [0, 0.1) is 24.2 Å². The Morgan fingerprint density at radius 2 is 2.26 bits per heavy atom. The molecular formula is C15H21N3O. The Morgan fingerprint density at radius 1 is 1.53 bits per heavy atom. The lowest BCUT2D eigenvalue weighted by atomic mass is 10.1. The van der Waals surface area contributed by atoms with Crippen molar-refractivity contribution in [3.8, 4) is 6.07 Å². The largest absolute Gasteiger partial charge is 0.383 e. The van der Waals surface area contributed by atoms with Crippen LogP contribution in [0.2, 0.25) is 0 Å². The smallest absolute Gasteiger partial charge is 0.147 e. The van der Waals surface area contributed by atoms with Gasteiger partial charge in [-0.3, -0.25) is 0 Å². The monoisotopic (exact) mass is 259 g/mol. The molecule has 0 spiro atoms. The Bertz CT molecular complexity index is 477. The fourth-order valence-electron chi connectivity index (χ4n) is 2.37. The topological polar surface area (TPSA) is 49.1 Å². The summed E-state index contributed by atoms with van der Waals surface area (Å²) in [7, 11) is 1.70. The van der Waals surface area contributed by atoms with Crippen molar-refractivity contribution < 1.29 is 4.74 Å². The number of nitriles is 1. The number of rotatable bonds is 6. The molecule has 2 rings (SSSR count). The van der Waals surface area contributed by atoms with Crippen molar-refractivity contribution in [1.29, 1.82) is 5.26 Å². The molecule has 4 nitrogen and oxygen atoms in total. The van der Waals surface area contributed by atoms with E-state index < -0.39 is 0 Å². The normalized spacial score (nSPS) is 15.9. The standard InChI is InChI=1S/C15H21N3O/c1-11-4-5-14(10-16)15(17-11)18(8-9-19-3)12(2)13-6-7-13/h4-5,12-13H,6-9H2,1-3H3. The van der Waals surface area contributed by atoms with Gasteiger partial charge >= 0.3 is 0 Å². The fraction of sp³-hybridized carbons (Fsp3) is 0.600. The van der Waals surface area contributed by atoms with E-state index >= 15 is 0 Å². The Morgan fingerprint density at radius 3 is 2.84 bits per heavy atom. The Hall–Kier alpha value is -1.60. The molecule has 1 aliphatic rings. The van der Waals surface area contributed by atoms with E-state index in [9.17, 15) is 5.26 Å². The lowest BCUT2D eigenvalue weighted by Gasteiger charge is -2.31. The zero-order chi connectivity index (χ0) is 13.8. The first-order valence-electron chi connectivity index (χ1n) is 6.80. The predicted octanol–water partition coefficient (Wildman–Crippen LogP) is 2.51. The summed E-state index contributed by atoms with van der Waals surface area (Å²) in [4.78, 5) is 6.81. The van der Waals surface area contributed by atoms with Crippen LogP contribution in [0.15, 0.2) is 12.1 Å². The Labute approximate surface area is 115 Å². The van der Waals surface area contributed by atoms with Crippen molar-refractivity contribution >= 4 is 5.82 Å². The van der Waals surface area contributed by atoms with Crippen LogP contribution in [-0.4, -0.2) is 31.3 Å². The van der Waals surface area contributed by atoms with Gasteiger partial charge in [-0.05, 0) is 44.7 Å². The minimum absolute atomic E-state index is 0.413. The summed E-state index contributed by atoms with van der Waals surface area (Å²) < 4.78 is 5.20. The minimum Gasteiger partial charge on any atom is -0.383 e. The van der Waals surface area contributed by atoms with Crippen LogP contribution in [0.3, 0.4) is 0 Å². The number of anilines is 1. The molecule has 1 unspecified atom stereocenters. The molecule has 1 aromatic heterocycles. The number of methoxy groups -OCH3 is 1. The summed E-state index contributed by atoms with van der Waals surface area (Å²) >= 11 is 0. The average Bonchev–Trinajstić information content (AvgIpc) is 3.23. The molecule has 0 bridgehead atoms. The van der Waals surface area contributed by atoms with Gasteiger partial charge in [0.05, 0.1) is 12.2 Å². The lowest BCUT2D eigenvalue weighted by molar-refractivity contribution is 0.202. The molecule has 0 saturated heterocycles. The summed E-state index contributed by atoms with van der Waals surface area (Å²) in [5.74, 6) is 1.53. The van der Waals surface area contributed by atoms with Crippen LogP contribution in [-0.2, 0) is 4.74 Å². The van der Waals surface area contributed by atoms with E-state index in [1.807, 2.05) is 19.1 Å². The van der Waals surface area contributed by atoms with Gasteiger partial charge in [0, 0.05) is 25.4 Å².